The van der Waals surface area contributed by atoms with Gasteiger partial charge in [0.25, 0.3) is 0 Å². The second-order valence-corrected chi connectivity index (χ2v) is 10.5. The summed E-state index contributed by atoms with van der Waals surface area (Å²) in [5.74, 6) is 0.959. The molecule has 1 aromatic carbocycles. The fourth-order valence-corrected chi connectivity index (χ4v) is 7.89. The molecule has 1 aromatic rings. The Morgan fingerprint density at radius 1 is 1.00 bits per heavy atom. The Morgan fingerprint density at radius 3 is 1.83 bits per heavy atom. The van der Waals surface area contributed by atoms with Crippen LogP contribution in [0, 0.1) is 0 Å². The van der Waals surface area contributed by atoms with Crippen molar-refractivity contribution in [2.75, 3.05) is 7.11 Å². The molecular weight excluding hydrogens is 236 g/mol. The van der Waals surface area contributed by atoms with Gasteiger partial charge in [0.15, 0.2) is 0 Å². The van der Waals surface area contributed by atoms with Gasteiger partial charge in [0.2, 0.25) is 0 Å². The topological polar surface area (TPSA) is 9.23 Å². The van der Waals surface area contributed by atoms with E-state index in [2.05, 4.69) is 58.9 Å². The quantitative estimate of drug-likeness (QED) is 0.672. The zero-order chi connectivity index (χ0) is 13.7. The SMILES string of the molecule is CCC(c1ccc(OC)cc1)[SiH](C(C)C)C(C)C. The Morgan fingerprint density at radius 2 is 1.50 bits per heavy atom. The van der Waals surface area contributed by atoms with E-state index in [4.69, 9.17) is 4.74 Å². The lowest BCUT2D eigenvalue weighted by Crippen LogP contribution is -2.29. The number of benzene rings is 1. The van der Waals surface area contributed by atoms with E-state index >= 15 is 0 Å². The first kappa shape index (κ1) is 15.3. The zero-order valence-corrected chi connectivity index (χ0v) is 13.9. The van der Waals surface area contributed by atoms with Gasteiger partial charge in [-0.25, -0.2) is 0 Å². The van der Waals surface area contributed by atoms with E-state index in [0.29, 0.717) is 0 Å². The van der Waals surface area contributed by atoms with Crippen molar-refractivity contribution in [2.24, 2.45) is 0 Å². The van der Waals surface area contributed by atoms with Crippen LogP contribution in [0.25, 0.3) is 0 Å². The van der Waals surface area contributed by atoms with E-state index in [9.17, 15) is 0 Å². The first-order valence-electron chi connectivity index (χ1n) is 7.15. The summed E-state index contributed by atoms with van der Waals surface area (Å²) in [6.45, 7) is 12.0. The number of ether oxygens (including phenoxy) is 1. The van der Waals surface area contributed by atoms with Gasteiger partial charge in [-0.15, -0.1) is 0 Å². The molecule has 0 spiro atoms. The molecule has 1 unspecified atom stereocenters. The van der Waals surface area contributed by atoms with Crippen LogP contribution in [0.1, 0.15) is 52.1 Å². The summed E-state index contributed by atoms with van der Waals surface area (Å²) in [7, 11) is 0.941. The van der Waals surface area contributed by atoms with Crippen LogP contribution >= 0.6 is 0 Å². The summed E-state index contributed by atoms with van der Waals surface area (Å²) < 4.78 is 5.25. The lowest BCUT2D eigenvalue weighted by Gasteiger charge is -2.32. The fourth-order valence-electron chi connectivity index (χ4n) is 3.28. The third kappa shape index (κ3) is 3.61. The van der Waals surface area contributed by atoms with E-state index in [1.54, 1.807) is 7.11 Å². The van der Waals surface area contributed by atoms with Crippen LogP contribution < -0.4 is 4.74 Å². The molecule has 2 heteroatoms. The largest absolute Gasteiger partial charge is 0.497 e. The minimum atomic E-state index is -0.787. The van der Waals surface area contributed by atoms with Gasteiger partial charge in [-0.3, -0.25) is 0 Å². The summed E-state index contributed by atoms with van der Waals surface area (Å²) >= 11 is 0. The molecular formula is C16H28OSi. The number of rotatable bonds is 6. The van der Waals surface area contributed by atoms with Crippen molar-refractivity contribution in [2.45, 2.75) is 57.7 Å². The van der Waals surface area contributed by atoms with Crippen molar-refractivity contribution < 1.29 is 4.74 Å². The molecule has 0 N–H and O–H groups in total. The van der Waals surface area contributed by atoms with Crippen LogP contribution in [0.3, 0.4) is 0 Å². The first-order valence-corrected chi connectivity index (χ1v) is 9.15. The highest BCUT2D eigenvalue weighted by atomic mass is 28.3. The van der Waals surface area contributed by atoms with Crippen LogP contribution in [-0.2, 0) is 0 Å². The molecule has 0 aliphatic heterocycles. The van der Waals surface area contributed by atoms with Gasteiger partial charge in [0.05, 0.1) is 7.11 Å². The Kier molecular flexibility index (Phi) is 5.93. The molecule has 102 valence electrons. The molecule has 0 saturated heterocycles. The van der Waals surface area contributed by atoms with E-state index in [-0.39, 0.29) is 0 Å². The maximum Gasteiger partial charge on any atom is 0.118 e. The minimum absolute atomic E-state index is 0.787. The molecule has 1 atom stereocenters. The molecule has 0 amide bonds. The fraction of sp³-hybridized carbons (Fsp3) is 0.625. The number of hydrogen-bond acceptors (Lipinski definition) is 1. The summed E-state index contributed by atoms with van der Waals surface area (Å²) in [5.41, 5.74) is 4.02. The Bertz CT molecular complexity index is 335. The van der Waals surface area contributed by atoms with Crippen LogP contribution in [-0.4, -0.2) is 15.9 Å². The molecule has 0 bridgehead atoms. The summed E-state index contributed by atoms with van der Waals surface area (Å²) in [6, 6.07) is 8.73. The highest BCUT2D eigenvalue weighted by Crippen LogP contribution is 2.35. The molecule has 0 aliphatic carbocycles. The molecule has 0 heterocycles. The van der Waals surface area contributed by atoms with E-state index < -0.39 is 8.80 Å². The molecule has 1 rings (SSSR count). The van der Waals surface area contributed by atoms with Crippen molar-refractivity contribution in [3.63, 3.8) is 0 Å². The first-order chi connectivity index (χ1) is 8.51. The van der Waals surface area contributed by atoms with E-state index in [1.165, 1.54) is 12.0 Å². The van der Waals surface area contributed by atoms with Gasteiger partial charge in [-0.1, -0.05) is 64.3 Å². The number of methoxy groups -OCH3 is 1. The molecule has 0 radical (unpaired) electrons. The summed E-state index contributed by atoms with van der Waals surface area (Å²) in [4.78, 5) is 0. The van der Waals surface area contributed by atoms with E-state index in [1.807, 2.05) is 0 Å². The van der Waals surface area contributed by atoms with Crippen molar-refractivity contribution in [1.82, 2.24) is 0 Å². The molecule has 1 nitrogen and oxygen atoms in total. The zero-order valence-electron chi connectivity index (χ0n) is 12.7. The van der Waals surface area contributed by atoms with Gasteiger partial charge in [0.1, 0.15) is 5.75 Å². The predicted molar refractivity (Wildman–Crippen MR) is 83.4 cm³/mol. The highest BCUT2D eigenvalue weighted by Gasteiger charge is 2.28. The summed E-state index contributed by atoms with van der Waals surface area (Å²) in [6.07, 6.45) is 1.26. The number of hydrogen-bond donors (Lipinski definition) is 0. The third-order valence-corrected chi connectivity index (χ3v) is 8.85. The van der Waals surface area contributed by atoms with Gasteiger partial charge in [-0.2, -0.15) is 0 Å². The standard InChI is InChI=1S/C16H28OSi/c1-7-16(18(12(2)3)13(4)5)14-8-10-15(17-6)11-9-14/h8-13,16,18H,7H2,1-6H3. The average molecular weight is 264 g/mol. The minimum Gasteiger partial charge on any atom is -0.497 e. The van der Waals surface area contributed by atoms with Crippen molar-refractivity contribution in [1.29, 1.82) is 0 Å². The molecule has 0 fully saturated rings. The monoisotopic (exact) mass is 264 g/mol. The second-order valence-electron chi connectivity index (χ2n) is 5.85. The maximum atomic E-state index is 5.25. The van der Waals surface area contributed by atoms with Crippen molar-refractivity contribution in [3.8, 4) is 5.75 Å². The highest BCUT2D eigenvalue weighted by molar-refractivity contribution is 6.63. The Hall–Kier alpha value is -0.763. The third-order valence-electron chi connectivity index (χ3n) is 3.99. The smallest absolute Gasteiger partial charge is 0.118 e. The summed E-state index contributed by atoms with van der Waals surface area (Å²) in [5, 5.41) is 0. The Balaban J connectivity index is 2.99. The lowest BCUT2D eigenvalue weighted by molar-refractivity contribution is 0.414. The van der Waals surface area contributed by atoms with Crippen LogP contribution in [0.5, 0.6) is 5.75 Å². The van der Waals surface area contributed by atoms with Gasteiger partial charge in [0, 0.05) is 8.80 Å². The van der Waals surface area contributed by atoms with Gasteiger partial charge >= 0.3 is 0 Å². The normalized spacial score (nSPS) is 13.4. The maximum absolute atomic E-state index is 5.25. The average Bonchev–Trinajstić information content (AvgIpc) is 2.35. The van der Waals surface area contributed by atoms with Gasteiger partial charge < -0.3 is 4.74 Å². The molecule has 0 aromatic heterocycles. The Labute approximate surface area is 114 Å². The molecule has 0 saturated carbocycles. The molecule has 0 aliphatic rings. The molecule has 18 heavy (non-hydrogen) atoms. The van der Waals surface area contributed by atoms with Crippen molar-refractivity contribution >= 4 is 8.80 Å². The van der Waals surface area contributed by atoms with Crippen LogP contribution in [0.2, 0.25) is 11.1 Å². The predicted octanol–water partition coefficient (Wildman–Crippen LogP) is 4.78. The van der Waals surface area contributed by atoms with Gasteiger partial charge in [-0.05, 0) is 23.2 Å². The lowest BCUT2D eigenvalue weighted by atomic mass is 10.1. The second kappa shape index (κ2) is 6.98. The van der Waals surface area contributed by atoms with E-state index in [0.717, 1.165) is 22.4 Å². The van der Waals surface area contributed by atoms with Crippen LogP contribution in [0.15, 0.2) is 24.3 Å². The van der Waals surface area contributed by atoms with Crippen molar-refractivity contribution in [3.05, 3.63) is 29.8 Å². The van der Waals surface area contributed by atoms with Crippen LogP contribution in [0.4, 0.5) is 0 Å².